The normalized spacial score (nSPS) is 12.8. The molecule has 3 heterocycles. The summed E-state index contributed by atoms with van der Waals surface area (Å²) in [6, 6.07) is 85.1. The molecule has 14 rings (SSSR count). The number of hydrogen-bond acceptors (Lipinski definition) is 1. The van der Waals surface area contributed by atoms with Crippen LogP contribution in [0.25, 0.3) is 99.5 Å². The minimum Gasteiger partial charge on any atom is -0.326 e. The van der Waals surface area contributed by atoms with Crippen molar-refractivity contribution in [1.29, 1.82) is 0 Å². The van der Waals surface area contributed by atoms with Crippen molar-refractivity contribution in [2.75, 3.05) is 11.4 Å². The van der Waals surface area contributed by atoms with E-state index in [-0.39, 0.29) is 0 Å². The van der Waals surface area contributed by atoms with Gasteiger partial charge in [0.2, 0.25) is 11.4 Å². The molecule has 0 bridgehead atoms. The highest BCUT2D eigenvalue weighted by atomic mass is 15.2. The van der Waals surface area contributed by atoms with Gasteiger partial charge in [0.05, 0.1) is 33.4 Å². The fraction of sp³-hybridized carbons (Fsp3) is 0.0161. The van der Waals surface area contributed by atoms with Crippen LogP contribution in [0.1, 0.15) is 0 Å². The molecule has 0 spiro atoms. The van der Waals surface area contributed by atoms with Crippen LogP contribution < -0.4 is 9.48 Å². The van der Waals surface area contributed by atoms with Crippen molar-refractivity contribution in [3.63, 3.8) is 0 Å². The first-order valence-corrected chi connectivity index (χ1v) is 22.8. The average Bonchev–Trinajstić information content (AvgIpc) is 3.90. The third-order valence-corrected chi connectivity index (χ3v) is 14.0. The average molecular weight is 842 g/mol. The van der Waals surface area contributed by atoms with Gasteiger partial charge in [0.25, 0.3) is 0 Å². The van der Waals surface area contributed by atoms with Gasteiger partial charge in [0.15, 0.2) is 6.21 Å². The molecule has 2 aromatic heterocycles. The predicted molar refractivity (Wildman–Crippen MR) is 278 cm³/mol. The Morgan fingerprint density at radius 3 is 1.26 bits per heavy atom. The zero-order valence-electron chi connectivity index (χ0n) is 36.0. The highest BCUT2D eigenvalue weighted by molar-refractivity contribution is 6.15. The number of fused-ring (bicyclic) bond motifs is 15. The van der Waals surface area contributed by atoms with Crippen LogP contribution in [0.5, 0.6) is 0 Å². The summed E-state index contributed by atoms with van der Waals surface area (Å²) < 4.78 is 7.42. The lowest BCUT2D eigenvalue weighted by atomic mass is 9.79. The Bertz CT molecular complexity index is 3860. The van der Waals surface area contributed by atoms with E-state index in [1.807, 2.05) is 0 Å². The van der Waals surface area contributed by atoms with Gasteiger partial charge in [-0.1, -0.05) is 158 Å². The van der Waals surface area contributed by atoms with Crippen molar-refractivity contribution in [2.45, 2.75) is 0 Å². The fourth-order valence-electron chi connectivity index (χ4n) is 11.2. The molecule has 0 radical (unpaired) electrons. The van der Waals surface area contributed by atoms with Gasteiger partial charge in [-0.3, -0.25) is 0 Å². The van der Waals surface area contributed by atoms with Crippen molar-refractivity contribution in [3.8, 4) is 55.9 Å². The SMILES string of the molecule is C1=[N+](c2ccccc2)c2cc3c(cc2N(c2ccccc2)C1)-c1cccc(-n2c4ccccc4c4ccccc42)c1-c1c(cccc1-n1c2ccccc2c2ccccc21)-c1ccccc1-3. The smallest absolute Gasteiger partial charge is 0.235 e. The molecule has 66 heavy (non-hydrogen) atoms. The van der Waals surface area contributed by atoms with Crippen LogP contribution >= 0.6 is 0 Å². The second kappa shape index (κ2) is 14.4. The summed E-state index contributed by atoms with van der Waals surface area (Å²) in [6.45, 7) is 0.719. The van der Waals surface area contributed by atoms with Crippen molar-refractivity contribution >= 4 is 72.6 Å². The summed E-state index contributed by atoms with van der Waals surface area (Å²) in [7, 11) is 0. The summed E-state index contributed by atoms with van der Waals surface area (Å²) in [5, 5.41) is 4.96. The van der Waals surface area contributed by atoms with Gasteiger partial charge >= 0.3 is 0 Å². The van der Waals surface area contributed by atoms with E-state index < -0.39 is 0 Å². The zero-order chi connectivity index (χ0) is 43.3. The molecule has 1 aliphatic carbocycles. The van der Waals surface area contributed by atoms with E-state index in [2.05, 4.69) is 255 Å². The third-order valence-electron chi connectivity index (χ3n) is 14.0. The Kier molecular flexibility index (Phi) is 8.01. The number of aromatic nitrogens is 2. The molecule has 2 aliphatic rings. The van der Waals surface area contributed by atoms with Gasteiger partial charge in [0.1, 0.15) is 12.2 Å². The molecule has 0 N–H and O–H groups in total. The van der Waals surface area contributed by atoms with Crippen molar-refractivity contribution in [1.82, 2.24) is 13.7 Å². The molecule has 0 saturated heterocycles. The highest BCUT2D eigenvalue weighted by Crippen LogP contribution is 2.55. The van der Waals surface area contributed by atoms with Crippen LogP contribution in [0.2, 0.25) is 0 Å². The zero-order valence-corrected chi connectivity index (χ0v) is 36.0. The largest absolute Gasteiger partial charge is 0.326 e. The molecule has 0 atom stereocenters. The van der Waals surface area contributed by atoms with Gasteiger partial charge < -0.3 is 14.0 Å². The number of nitrogens with zero attached hydrogens (tertiary/aromatic N) is 4. The first-order valence-electron chi connectivity index (χ1n) is 22.8. The van der Waals surface area contributed by atoms with E-state index in [1.165, 1.54) is 88.1 Å². The molecule has 10 aromatic carbocycles. The predicted octanol–water partition coefficient (Wildman–Crippen LogP) is 15.9. The standard InChI is InChI=1S/C62H41N4/c1-3-19-41(20-4-1)63-37-38-64(42-21-5-2-6-22-42)60-40-52-50-30-18-36-58(66-55-33-15-11-27-47(55)48-28-12-16-34-56(48)66)62(50)61-49(43-23-7-8-24-44(43)51(52)39-59(60)63)29-17-35-57(61)65-53-31-13-9-25-45(53)46-26-10-14-32-54(46)65/h1-37,39-40H,38H2/q+1. The van der Waals surface area contributed by atoms with Crippen molar-refractivity contribution < 1.29 is 0 Å². The Labute approximate surface area is 382 Å². The number of para-hydroxylation sites is 6. The molecule has 4 nitrogen and oxygen atoms in total. The van der Waals surface area contributed by atoms with Gasteiger partial charge in [-0.05, 0) is 88.0 Å². The molecule has 0 amide bonds. The summed E-state index contributed by atoms with van der Waals surface area (Å²) in [5.74, 6) is 0. The van der Waals surface area contributed by atoms with Crippen LogP contribution in [0, 0.1) is 0 Å². The third kappa shape index (κ3) is 5.30. The van der Waals surface area contributed by atoms with Crippen LogP contribution in [0.3, 0.4) is 0 Å². The first-order chi connectivity index (χ1) is 32.8. The second-order valence-corrected chi connectivity index (χ2v) is 17.4. The molecule has 308 valence electrons. The fourth-order valence-corrected chi connectivity index (χ4v) is 11.2. The summed E-state index contributed by atoms with van der Waals surface area (Å²) in [6.07, 6.45) is 2.33. The van der Waals surface area contributed by atoms with Crippen molar-refractivity contribution in [3.05, 3.63) is 231 Å². The van der Waals surface area contributed by atoms with E-state index in [9.17, 15) is 0 Å². The molecular formula is C62H41N4+. The van der Waals surface area contributed by atoms with E-state index in [0.717, 1.165) is 40.7 Å². The van der Waals surface area contributed by atoms with Gasteiger partial charge in [0, 0.05) is 56.6 Å². The minimum atomic E-state index is 0.719. The second-order valence-electron chi connectivity index (χ2n) is 17.4. The molecule has 12 aromatic rings. The lowest BCUT2D eigenvalue weighted by Crippen LogP contribution is -2.29. The Morgan fingerprint density at radius 1 is 0.318 bits per heavy atom. The van der Waals surface area contributed by atoms with E-state index in [1.54, 1.807) is 0 Å². The maximum atomic E-state index is 2.52. The molecule has 1 aliphatic heterocycles. The summed E-state index contributed by atoms with van der Waals surface area (Å²) >= 11 is 0. The van der Waals surface area contributed by atoms with Crippen LogP contribution in [0.4, 0.5) is 22.7 Å². The molecule has 0 unspecified atom stereocenters. The molecule has 0 fully saturated rings. The number of hydrogen-bond donors (Lipinski definition) is 0. The van der Waals surface area contributed by atoms with Crippen LogP contribution in [-0.4, -0.2) is 21.9 Å². The topological polar surface area (TPSA) is 16.1 Å². The lowest BCUT2D eigenvalue weighted by Gasteiger charge is -2.31. The highest BCUT2D eigenvalue weighted by Gasteiger charge is 2.34. The first kappa shape index (κ1) is 36.7. The van der Waals surface area contributed by atoms with E-state index in [0.29, 0.717) is 0 Å². The Hall–Kier alpha value is -8.73. The van der Waals surface area contributed by atoms with Gasteiger partial charge in [-0.25, -0.2) is 0 Å². The summed E-state index contributed by atoms with van der Waals surface area (Å²) in [4.78, 5) is 2.47. The molecular weight excluding hydrogens is 801 g/mol. The van der Waals surface area contributed by atoms with Crippen LogP contribution in [-0.2, 0) is 0 Å². The minimum absolute atomic E-state index is 0.719. The molecule has 0 saturated carbocycles. The van der Waals surface area contributed by atoms with Crippen molar-refractivity contribution in [2.24, 2.45) is 0 Å². The van der Waals surface area contributed by atoms with E-state index in [4.69, 9.17) is 0 Å². The Morgan fingerprint density at radius 2 is 0.727 bits per heavy atom. The number of anilines is 2. The number of benzene rings is 10. The summed E-state index contributed by atoms with van der Waals surface area (Å²) in [5.41, 5.74) is 21.2. The number of rotatable bonds is 4. The Balaban J connectivity index is 1.17. The maximum absolute atomic E-state index is 2.52. The van der Waals surface area contributed by atoms with E-state index >= 15 is 0 Å². The lowest BCUT2D eigenvalue weighted by molar-refractivity contribution is 1.000. The monoisotopic (exact) mass is 841 g/mol. The van der Waals surface area contributed by atoms with Gasteiger partial charge in [-0.15, -0.1) is 0 Å². The van der Waals surface area contributed by atoms with Gasteiger partial charge in [-0.2, -0.15) is 4.58 Å². The molecule has 4 heteroatoms. The maximum Gasteiger partial charge on any atom is 0.235 e. The quantitative estimate of drug-likeness (QED) is 0.161. The van der Waals surface area contributed by atoms with Crippen LogP contribution in [0.15, 0.2) is 231 Å².